The normalized spacial score (nSPS) is 23.0. The third kappa shape index (κ3) is 3.79. The Kier molecular flexibility index (Phi) is 4.67. The average molecular weight is 247 g/mol. The molecule has 1 aliphatic carbocycles. The number of halogens is 1. The van der Waals surface area contributed by atoms with E-state index in [9.17, 15) is 4.39 Å². The highest BCUT2D eigenvalue weighted by molar-refractivity contribution is 5.48. The highest BCUT2D eigenvalue weighted by Crippen LogP contribution is 2.16. The molecular weight excluding hydrogens is 229 g/mol. The average Bonchev–Trinajstić information content (AvgIpc) is 2.85. The molecule has 0 saturated heterocycles. The standard InChI is InChI=1S/C15H18FNO/c16-14-6-3-12(4-7-14)2-1-9-17-15-8-5-13(10-15)11-18/h1-8,13,15,17-18H,9-11H2/b2-1+/t13-,15+/m0/s1. The van der Waals surface area contributed by atoms with Crippen molar-refractivity contribution in [1.82, 2.24) is 5.32 Å². The van der Waals surface area contributed by atoms with Crippen LogP contribution in [-0.2, 0) is 0 Å². The molecule has 0 aliphatic heterocycles. The fraction of sp³-hybridized carbons (Fsp3) is 0.333. The summed E-state index contributed by atoms with van der Waals surface area (Å²) in [5.74, 6) is 0.0833. The lowest BCUT2D eigenvalue weighted by Crippen LogP contribution is -2.26. The van der Waals surface area contributed by atoms with Crippen LogP contribution in [0, 0.1) is 11.7 Å². The van der Waals surface area contributed by atoms with Gasteiger partial charge in [-0.1, -0.05) is 36.4 Å². The zero-order chi connectivity index (χ0) is 12.8. The molecule has 0 bridgehead atoms. The molecule has 0 saturated carbocycles. The zero-order valence-electron chi connectivity index (χ0n) is 10.2. The van der Waals surface area contributed by atoms with Crippen molar-refractivity contribution < 1.29 is 9.50 Å². The van der Waals surface area contributed by atoms with Gasteiger partial charge in [0.15, 0.2) is 0 Å². The molecule has 0 unspecified atom stereocenters. The Morgan fingerprint density at radius 2 is 2.06 bits per heavy atom. The Balaban J connectivity index is 1.72. The largest absolute Gasteiger partial charge is 0.396 e. The van der Waals surface area contributed by atoms with Crippen molar-refractivity contribution in [3.63, 3.8) is 0 Å². The lowest BCUT2D eigenvalue weighted by Gasteiger charge is -2.10. The Labute approximate surface area is 107 Å². The van der Waals surface area contributed by atoms with Gasteiger partial charge in [-0.2, -0.15) is 0 Å². The van der Waals surface area contributed by atoms with Crippen LogP contribution in [0.25, 0.3) is 6.08 Å². The van der Waals surface area contributed by atoms with Gasteiger partial charge in [0.05, 0.1) is 0 Å². The number of aliphatic hydroxyl groups excluding tert-OH is 1. The number of rotatable bonds is 5. The number of hydrogen-bond donors (Lipinski definition) is 2. The van der Waals surface area contributed by atoms with E-state index in [2.05, 4.69) is 17.5 Å². The summed E-state index contributed by atoms with van der Waals surface area (Å²) < 4.78 is 12.7. The first-order valence-electron chi connectivity index (χ1n) is 6.22. The van der Waals surface area contributed by atoms with Crippen molar-refractivity contribution >= 4 is 6.08 Å². The fourth-order valence-electron chi connectivity index (χ4n) is 2.05. The summed E-state index contributed by atoms with van der Waals surface area (Å²) in [4.78, 5) is 0. The van der Waals surface area contributed by atoms with E-state index in [0.717, 1.165) is 18.5 Å². The van der Waals surface area contributed by atoms with Gasteiger partial charge in [-0.15, -0.1) is 0 Å². The van der Waals surface area contributed by atoms with Crippen LogP contribution < -0.4 is 5.32 Å². The summed E-state index contributed by atoms with van der Waals surface area (Å²) in [5, 5.41) is 12.4. The molecule has 1 aromatic carbocycles. The van der Waals surface area contributed by atoms with E-state index in [1.807, 2.05) is 12.2 Å². The summed E-state index contributed by atoms with van der Waals surface area (Å²) in [5.41, 5.74) is 0.994. The maximum Gasteiger partial charge on any atom is 0.123 e. The van der Waals surface area contributed by atoms with Crippen molar-refractivity contribution in [2.45, 2.75) is 12.5 Å². The van der Waals surface area contributed by atoms with Crippen LogP contribution in [0.2, 0.25) is 0 Å². The van der Waals surface area contributed by atoms with E-state index in [1.165, 1.54) is 12.1 Å². The second-order valence-corrected chi connectivity index (χ2v) is 4.53. The lowest BCUT2D eigenvalue weighted by molar-refractivity contribution is 0.247. The molecule has 0 heterocycles. The minimum absolute atomic E-state index is 0.212. The van der Waals surface area contributed by atoms with Gasteiger partial charge in [-0.25, -0.2) is 4.39 Å². The first-order valence-corrected chi connectivity index (χ1v) is 6.22. The predicted octanol–water partition coefficient (Wildman–Crippen LogP) is 2.37. The van der Waals surface area contributed by atoms with E-state index in [1.54, 1.807) is 12.1 Å². The number of aliphatic hydroxyl groups is 1. The van der Waals surface area contributed by atoms with Crippen LogP contribution in [0.1, 0.15) is 12.0 Å². The summed E-state index contributed by atoms with van der Waals surface area (Å²) in [7, 11) is 0. The van der Waals surface area contributed by atoms with Crippen LogP contribution in [-0.4, -0.2) is 24.3 Å². The van der Waals surface area contributed by atoms with Gasteiger partial charge in [0.2, 0.25) is 0 Å². The second kappa shape index (κ2) is 6.47. The van der Waals surface area contributed by atoms with Crippen LogP contribution in [0.3, 0.4) is 0 Å². The second-order valence-electron chi connectivity index (χ2n) is 4.53. The minimum atomic E-state index is -0.212. The Hall–Kier alpha value is -1.45. The molecule has 2 rings (SSSR count). The molecule has 18 heavy (non-hydrogen) atoms. The Morgan fingerprint density at radius 1 is 1.28 bits per heavy atom. The molecule has 0 spiro atoms. The zero-order valence-corrected chi connectivity index (χ0v) is 10.2. The molecule has 96 valence electrons. The van der Waals surface area contributed by atoms with Crippen LogP contribution in [0.5, 0.6) is 0 Å². The monoisotopic (exact) mass is 247 g/mol. The summed E-state index contributed by atoms with van der Waals surface area (Å²) >= 11 is 0. The molecule has 0 radical (unpaired) electrons. The van der Waals surface area contributed by atoms with Gasteiger partial charge in [-0.3, -0.25) is 0 Å². The smallest absolute Gasteiger partial charge is 0.123 e. The summed E-state index contributed by atoms with van der Waals surface area (Å²) in [6.45, 7) is 0.991. The van der Waals surface area contributed by atoms with Gasteiger partial charge in [0.25, 0.3) is 0 Å². The van der Waals surface area contributed by atoms with Gasteiger partial charge in [-0.05, 0) is 24.1 Å². The number of benzene rings is 1. The van der Waals surface area contributed by atoms with Gasteiger partial charge < -0.3 is 10.4 Å². The maximum absolute atomic E-state index is 12.7. The minimum Gasteiger partial charge on any atom is -0.396 e. The Morgan fingerprint density at radius 3 is 2.72 bits per heavy atom. The summed E-state index contributed by atoms with van der Waals surface area (Å²) in [6, 6.07) is 6.77. The fourth-order valence-corrected chi connectivity index (χ4v) is 2.05. The van der Waals surface area contributed by atoms with Crippen LogP contribution in [0.4, 0.5) is 4.39 Å². The van der Waals surface area contributed by atoms with Crippen LogP contribution in [0.15, 0.2) is 42.5 Å². The molecule has 2 N–H and O–H groups in total. The predicted molar refractivity (Wildman–Crippen MR) is 71.6 cm³/mol. The van der Waals surface area contributed by atoms with Crippen molar-refractivity contribution in [2.75, 3.05) is 13.2 Å². The third-order valence-electron chi connectivity index (χ3n) is 3.08. The van der Waals surface area contributed by atoms with E-state index in [-0.39, 0.29) is 12.4 Å². The third-order valence-corrected chi connectivity index (χ3v) is 3.08. The van der Waals surface area contributed by atoms with E-state index < -0.39 is 0 Å². The maximum atomic E-state index is 12.7. The van der Waals surface area contributed by atoms with E-state index in [4.69, 9.17) is 5.11 Å². The highest BCUT2D eigenvalue weighted by atomic mass is 19.1. The van der Waals surface area contributed by atoms with E-state index >= 15 is 0 Å². The number of hydrogen-bond acceptors (Lipinski definition) is 2. The van der Waals surface area contributed by atoms with Gasteiger partial charge in [0.1, 0.15) is 5.82 Å². The first kappa shape index (κ1) is 13.0. The quantitative estimate of drug-likeness (QED) is 0.783. The Bertz CT molecular complexity index is 425. The molecule has 2 atom stereocenters. The van der Waals surface area contributed by atoms with Crippen molar-refractivity contribution in [3.8, 4) is 0 Å². The highest BCUT2D eigenvalue weighted by Gasteiger charge is 2.16. The summed E-state index contributed by atoms with van der Waals surface area (Å²) in [6.07, 6.45) is 9.11. The molecule has 0 fully saturated rings. The van der Waals surface area contributed by atoms with Crippen molar-refractivity contribution in [1.29, 1.82) is 0 Å². The molecule has 2 nitrogen and oxygen atoms in total. The lowest BCUT2D eigenvalue weighted by atomic mass is 10.1. The molecule has 0 aromatic heterocycles. The van der Waals surface area contributed by atoms with E-state index in [0.29, 0.717) is 12.0 Å². The SMILES string of the molecule is OC[C@H]1C=C[C@@H](NC/C=C/c2ccc(F)cc2)C1. The molecule has 3 heteroatoms. The van der Waals surface area contributed by atoms with Crippen LogP contribution >= 0.6 is 0 Å². The molecule has 1 aliphatic rings. The van der Waals surface area contributed by atoms with Crippen molar-refractivity contribution in [3.05, 3.63) is 53.9 Å². The molecule has 0 amide bonds. The van der Waals surface area contributed by atoms with Gasteiger partial charge >= 0.3 is 0 Å². The molecule has 1 aromatic rings. The number of nitrogens with one attached hydrogen (secondary N) is 1. The first-order chi connectivity index (χ1) is 8.78. The van der Waals surface area contributed by atoms with Gasteiger partial charge in [0, 0.05) is 25.1 Å². The topological polar surface area (TPSA) is 32.3 Å². The molecular formula is C15H18FNO. The van der Waals surface area contributed by atoms with Crippen molar-refractivity contribution in [2.24, 2.45) is 5.92 Å².